The van der Waals surface area contributed by atoms with E-state index in [1.165, 1.54) is 0 Å². The zero-order chi connectivity index (χ0) is 21.0. The maximum Gasteiger partial charge on any atom is 0.256 e. The number of carbonyl (C=O) groups is 1. The van der Waals surface area contributed by atoms with Crippen molar-refractivity contribution >= 4 is 16.8 Å². The van der Waals surface area contributed by atoms with Gasteiger partial charge in [0.2, 0.25) is 5.43 Å². The summed E-state index contributed by atoms with van der Waals surface area (Å²) in [4.78, 5) is 25.2. The number of amides is 1. The van der Waals surface area contributed by atoms with Crippen LogP contribution in [0.4, 0.5) is 13.2 Å². The molecule has 0 fully saturated rings. The van der Waals surface area contributed by atoms with Gasteiger partial charge in [-0.15, -0.1) is 0 Å². The maximum absolute atomic E-state index is 14.7. The van der Waals surface area contributed by atoms with Gasteiger partial charge in [-0.3, -0.25) is 9.59 Å². The number of pyridine rings is 1. The fourth-order valence-electron chi connectivity index (χ4n) is 3.15. The fraction of sp³-hybridized carbons (Fsp3) is 0.238. The smallest absolute Gasteiger partial charge is 0.256 e. The van der Waals surface area contributed by atoms with Crippen LogP contribution >= 0.6 is 0 Å². The van der Waals surface area contributed by atoms with E-state index in [-0.39, 0.29) is 29.6 Å². The molecule has 0 saturated heterocycles. The molecule has 3 aromatic rings. The Kier molecular flexibility index (Phi) is 6.21. The molecule has 0 atom stereocenters. The van der Waals surface area contributed by atoms with E-state index in [9.17, 15) is 22.8 Å². The van der Waals surface area contributed by atoms with Gasteiger partial charge in [0.25, 0.3) is 5.91 Å². The Morgan fingerprint density at radius 1 is 1.21 bits per heavy atom. The van der Waals surface area contributed by atoms with E-state index in [1.54, 1.807) is 0 Å². The van der Waals surface area contributed by atoms with Crippen LogP contribution in [0.25, 0.3) is 10.9 Å². The molecule has 5 nitrogen and oxygen atoms in total. The van der Waals surface area contributed by atoms with E-state index in [1.807, 2.05) is 30.3 Å². The van der Waals surface area contributed by atoms with Gasteiger partial charge in [-0.2, -0.15) is 0 Å². The lowest BCUT2D eigenvalue weighted by atomic mass is 10.1. The second kappa shape index (κ2) is 8.81. The second-order valence-corrected chi connectivity index (χ2v) is 6.35. The monoisotopic (exact) mass is 404 g/mol. The standard InChI is InChI=1S/C21H19F3N2O3/c1-29-20-16(23)11-14-18(17(20)24)26(10-8-22)12-15(19(14)27)21(28)25-9-7-13-5-3-2-4-6-13/h2-6,11-12H,7-10H2,1H3,(H,25,28). The topological polar surface area (TPSA) is 60.3 Å². The van der Waals surface area contributed by atoms with Gasteiger partial charge in [-0.25, -0.2) is 13.2 Å². The van der Waals surface area contributed by atoms with Gasteiger partial charge >= 0.3 is 0 Å². The van der Waals surface area contributed by atoms with Crippen LogP contribution in [0, 0.1) is 11.6 Å². The average Bonchev–Trinajstić information content (AvgIpc) is 2.71. The molecule has 0 spiro atoms. The molecule has 29 heavy (non-hydrogen) atoms. The van der Waals surface area contributed by atoms with Crippen LogP contribution in [0.2, 0.25) is 0 Å². The van der Waals surface area contributed by atoms with Gasteiger partial charge in [0.1, 0.15) is 12.2 Å². The van der Waals surface area contributed by atoms with Crippen molar-refractivity contribution in [2.45, 2.75) is 13.0 Å². The van der Waals surface area contributed by atoms with Crippen LogP contribution in [-0.2, 0) is 13.0 Å². The Bertz CT molecular complexity index is 1100. The van der Waals surface area contributed by atoms with Crippen molar-refractivity contribution in [3.8, 4) is 5.75 Å². The summed E-state index contributed by atoms with van der Waals surface area (Å²) >= 11 is 0. The summed E-state index contributed by atoms with van der Waals surface area (Å²) in [5.74, 6) is -3.58. The first-order valence-electron chi connectivity index (χ1n) is 8.95. The van der Waals surface area contributed by atoms with Crippen LogP contribution in [-0.4, -0.2) is 30.8 Å². The molecule has 1 aromatic heterocycles. The minimum atomic E-state index is -1.12. The number of hydrogen-bond donors (Lipinski definition) is 1. The summed E-state index contributed by atoms with van der Waals surface area (Å²) < 4.78 is 47.6. The number of rotatable bonds is 7. The molecule has 0 aliphatic rings. The van der Waals surface area contributed by atoms with E-state index < -0.39 is 35.4 Å². The SMILES string of the molecule is COc1c(F)cc2c(=O)c(C(=O)NCCc3ccccc3)cn(CCF)c2c1F. The highest BCUT2D eigenvalue weighted by molar-refractivity contribution is 5.97. The number of benzene rings is 2. The maximum atomic E-state index is 14.7. The summed E-state index contributed by atoms with van der Waals surface area (Å²) in [5.41, 5.74) is -0.472. The van der Waals surface area contributed by atoms with Crippen LogP contribution in [0.5, 0.6) is 5.75 Å². The number of nitrogens with zero attached hydrogens (tertiary/aromatic N) is 1. The Morgan fingerprint density at radius 3 is 2.59 bits per heavy atom. The minimum absolute atomic E-state index is 0.259. The van der Waals surface area contributed by atoms with Gasteiger partial charge in [-0.05, 0) is 18.1 Å². The number of carbonyl (C=O) groups excluding carboxylic acids is 1. The second-order valence-electron chi connectivity index (χ2n) is 6.35. The molecule has 0 unspecified atom stereocenters. The van der Waals surface area contributed by atoms with Gasteiger partial charge in [-0.1, -0.05) is 30.3 Å². The quantitative estimate of drug-likeness (QED) is 0.658. The highest BCUT2D eigenvalue weighted by Gasteiger charge is 2.22. The first-order valence-corrected chi connectivity index (χ1v) is 8.95. The van der Waals surface area contributed by atoms with Crippen molar-refractivity contribution in [3.63, 3.8) is 0 Å². The van der Waals surface area contributed by atoms with Crippen LogP contribution in [0.3, 0.4) is 0 Å². The molecular weight excluding hydrogens is 385 g/mol. The predicted molar refractivity (Wildman–Crippen MR) is 103 cm³/mol. The molecule has 1 N–H and O–H groups in total. The number of aryl methyl sites for hydroxylation is 1. The van der Waals surface area contributed by atoms with Gasteiger partial charge in [0.15, 0.2) is 17.4 Å². The zero-order valence-electron chi connectivity index (χ0n) is 15.7. The fourth-order valence-corrected chi connectivity index (χ4v) is 3.15. The molecule has 1 heterocycles. The average molecular weight is 404 g/mol. The van der Waals surface area contributed by atoms with Crippen molar-refractivity contribution in [1.29, 1.82) is 0 Å². The molecule has 0 bridgehead atoms. The van der Waals surface area contributed by atoms with Crippen molar-refractivity contribution in [1.82, 2.24) is 9.88 Å². The van der Waals surface area contributed by atoms with E-state index >= 15 is 0 Å². The summed E-state index contributed by atoms with van der Waals surface area (Å²) in [5, 5.41) is 2.26. The lowest BCUT2D eigenvalue weighted by molar-refractivity contribution is 0.0952. The summed E-state index contributed by atoms with van der Waals surface area (Å²) in [6.45, 7) is -0.923. The number of aromatic nitrogens is 1. The lowest BCUT2D eigenvalue weighted by Crippen LogP contribution is -2.31. The van der Waals surface area contributed by atoms with Crippen LogP contribution < -0.4 is 15.5 Å². The van der Waals surface area contributed by atoms with E-state index in [0.717, 1.165) is 29.5 Å². The van der Waals surface area contributed by atoms with E-state index in [4.69, 9.17) is 4.74 Å². The largest absolute Gasteiger partial charge is 0.491 e. The third kappa shape index (κ3) is 4.11. The van der Waals surface area contributed by atoms with Crippen molar-refractivity contribution in [3.05, 3.63) is 75.6 Å². The predicted octanol–water partition coefficient (Wildman–Crippen LogP) is 3.23. The molecule has 1 amide bonds. The van der Waals surface area contributed by atoms with Crippen molar-refractivity contribution < 1.29 is 22.7 Å². The summed E-state index contributed by atoms with van der Waals surface area (Å²) in [7, 11) is 1.08. The first-order chi connectivity index (χ1) is 14.0. The minimum Gasteiger partial charge on any atom is -0.491 e. The molecule has 3 rings (SSSR count). The number of halogens is 3. The van der Waals surface area contributed by atoms with Crippen LogP contribution in [0.15, 0.2) is 47.4 Å². The number of methoxy groups -OCH3 is 1. The van der Waals surface area contributed by atoms with Gasteiger partial charge in [0, 0.05) is 12.7 Å². The van der Waals surface area contributed by atoms with E-state index in [0.29, 0.717) is 6.42 Å². The number of alkyl halides is 1. The summed E-state index contributed by atoms with van der Waals surface area (Å²) in [6, 6.07) is 10.2. The van der Waals surface area contributed by atoms with E-state index in [2.05, 4.69) is 5.32 Å². The third-order valence-electron chi connectivity index (χ3n) is 4.53. The Balaban J connectivity index is 1.98. The highest BCUT2D eigenvalue weighted by atomic mass is 19.1. The van der Waals surface area contributed by atoms with Crippen molar-refractivity contribution in [2.24, 2.45) is 0 Å². The highest BCUT2D eigenvalue weighted by Crippen LogP contribution is 2.28. The normalized spacial score (nSPS) is 10.9. The molecule has 0 radical (unpaired) electrons. The molecular formula is C21H19F3N2O3. The third-order valence-corrected chi connectivity index (χ3v) is 4.53. The molecule has 0 aliphatic heterocycles. The van der Waals surface area contributed by atoms with Gasteiger partial charge < -0.3 is 14.6 Å². The summed E-state index contributed by atoms with van der Waals surface area (Å²) in [6.07, 6.45) is 1.63. The Morgan fingerprint density at radius 2 is 1.93 bits per heavy atom. The molecule has 2 aromatic carbocycles. The molecule has 152 valence electrons. The van der Waals surface area contributed by atoms with Crippen molar-refractivity contribution in [2.75, 3.05) is 20.3 Å². The van der Waals surface area contributed by atoms with Crippen LogP contribution in [0.1, 0.15) is 15.9 Å². The molecule has 0 aliphatic carbocycles. The molecule has 0 saturated carbocycles. The number of hydrogen-bond acceptors (Lipinski definition) is 3. The Hall–Kier alpha value is -3.29. The molecule has 8 heteroatoms. The number of nitrogens with one attached hydrogen (secondary N) is 1. The zero-order valence-corrected chi connectivity index (χ0v) is 15.7. The van der Waals surface area contributed by atoms with Gasteiger partial charge in [0.05, 0.1) is 24.6 Å². The number of fused-ring (bicyclic) bond motifs is 1. The Labute approximate surface area is 164 Å². The number of ether oxygens (including phenoxy) is 1. The lowest BCUT2D eigenvalue weighted by Gasteiger charge is -2.15. The first kappa shape index (κ1) is 20.4.